The van der Waals surface area contributed by atoms with E-state index in [1.807, 2.05) is 12.1 Å². The Morgan fingerprint density at radius 2 is 0.944 bits per heavy atom. The third kappa shape index (κ3) is 13.5. The van der Waals surface area contributed by atoms with Gasteiger partial charge in [-0.05, 0) is 25.0 Å². The standard InChI is InChI=1S/C48H42N4O15S4/c1-26(2)45(60)64-21-19-62-31(53)15-17-33(55)66-36-38-39(69-47(68-38)30(23-49)42(50)57)37(67-34(56)18-16-32(54)63-20-22-65-46(61)27(3)4)41-40(36)70-48(71-41)35-43(58)51(24-28-11-7-5-8-12-28)52(44(35)59)25-29-13-9-6-10-14-29/h5-14H,1,3,15-22,24-25H2,2,4H3,(H2,50,57). The van der Waals surface area contributed by atoms with Crippen molar-refractivity contribution in [2.24, 2.45) is 5.73 Å². The highest BCUT2D eigenvalue weighted by molar-refractivity contribution is 8.26. The van der Waals surface area contributed by atoms with E-state index in [-0.39, 0.29) is 95.8 Å². The number of nitriles is 1. The number of hydrogen-bond acceptors (Lipinski definition) is 20. The molecule has 368 valence electrons. The van der Waals surface area contributed by atoms with Crippen molar-refractivity contribution in [3.8, 4) is 17.6 Å². The van der Waals surface area contributed by atoms with E-state index in [1.165, 1.54) is 23.9 Å². The van der Waals surface area contributed by atoms with E-state index in [1.54, 1.807) is 54.6 Å². The number of nitrogens with two attached hydrogens (primary N) is 1. The van der Waals surface area contributed by atoms with Gasteiger partial charge in [0.2, 0.25) is 0 Å². The van der Waals surface area contributed by atoms with Crippen molar-refractivity contribution in [2.45, 2.75) is 72.2 Å². The smallest absolute Gasteiger partial charge is 0.333 e. The van der Waals surface area contributed by atoms with Gasteiger partial charge in [0.25, 0.3) is 17.7 Å². The van der Waals surface area contributed by atoms with Crippen molar-refractivity contribution in [1.29, 1.82) is 5.26 Å². The highest BCUT2D eigenvalue weighted by atomic mass is 32.2. The molecule has 3 heterocycles. The van der Waals surface area contributed by atoms with Crippen molar-refractivity contribution >= 4 is 101 Å². The Kier molecular flexibility index (Phi) is 18.3. The van der Waals surface area contributed by atoms with E-state index in [9.17, 15) is 48.4 Å². The minimum Gasteiger partial charge on any atom is -0.462 e. The molecule has 3 aromatic carbocycles. The van der Waals surface area contributed by atoms with Gasteiger partial charge >= 0.3 is 35.8 Å². The molecule has 0 unspecified atom stereocenters. The fourth-order valence-corrected chi connectivity index (χ4v) is 11.7. The largest absolute Gasteiger partial charge is 0.462 e. The van der Waals surface area contributed by atoms with Gasteiger partial charge in [-0.25, -0.2) is 19.6 Å². The van der Waals surface area contributed by atoms with Crippen molar-refractivity contribution in [1.82, 2.24) is 10.0 Å². The normalized spacial score (nSPS) is 13.5. The van der Waals surface area contributed by atoms with Gasteiger partial charge in [-0.3, -0.25) is 33.6 Å². The molecule has 3 amide bonds. The molecule has 3 aromatic rings. The highest BCUT2D eigenvalue weighted by Gasteiger charge is 2.47. The van der Waals surface area contributed by atoms with Gasteiger partial charge in [-0.2, -0.15) is 5.26 Å². The monoisotopic (exact) mass is 1040 g/mol. The van der Waals surface area contributed by atoms with Gasteiger partial charge < -0.3 is 34.2 Å². The van der Waals surface area contributed by atoms with Gasteiger partial charge in [0.05, 0.1) is 66.8 Å². The molecular formula is C48H42N4O15S4. The van der Waals surface area contributed by atoms with Crippen LogP contribution in [0.3, 0.4) is 0 Å². The first kappa shape index (κ1) is 53.1. The van der Waals surface area contributed by atoms with Crippen LogP contribution in [0.2, 0.25) is 0 Å². The van der Waals surface area contributed by atoms with Crippen molar-refractivity contribution in [2.75, 3.05) is 26.4 Å². The summed E-state index contributed by atoms with van der Waals surface area (Å²) >= 11 is 3.31. The number of thioether (sulfide) groups is 4. The molecule has 1 saturated heterocycles. The predicted octanol–water partition coefficient (Wildman–Crippen LogP) is 6.20. The molecule has 6 rings (SSSR count). The Morgan fingerprint density at radius 1 is 0.577 bits per heavy atom. The van der Waals surface area contributed by atoms with Gasteiger partial charge in [0.15, 0.2) is 11.5 Å². The molecule has 0 saturated carbocycles. The number of carbonyl (C=O) groups excluding carboxylic acids is 9. The SMILES string of the molecule is C=C(C)C(=O)OCCOC(=O)CCC(=O)Oc1c2c(c(OC(=O)CCC(=O)OCCOC(=O)C(=C)C)c3c1SC(=C1C(=O)N(Cc4ccccc4)N(Cc4ccccc4)C1=O)S3)SC(=C(C#N)C(N)=O)S2. The van der Waals surface area contributed by atoms with Crippen LogP contribution in [0.15, 0.2) is 124 Å². The molecule has 0 bridgehead atoms. The highest BCUT2D eigenvalue weighted by Crippen LogP contribution is 2.68. The summed E-state index contributed by atoms with van der Waals surface area (Å²) in [5, 5.41) is 12.6. The van der Waals surface area contributed by atoms with Crippen LogP contribution in [-0.2, 0) is 75.2 Å². The number of fused-ring (bicyclic) bond motifs is 2. The maximum atomic E-state index is 14.6. The molecule has 3 aliphatic heterocycles. The van der Waals surface area contributed by atoms with Gasteiger partial charge in [-0.1, -0.05) is 121 Å². The van der Waals surface area contributed by atoms with Crippen LogP contribution in [0.1, 0.15) is 50.7 Å². The van der Waals surface area contributed by atoms with E-state index in [0.29, 0.717) is 0 Å². The molecule has 71 heavy (non-hydrogen) atoms. The molecule has 19 nitrogen and oxygen atoms in total. The zero-order chi connectivity index (χ0) is 51.4. The van der Waals surface area contributed by atoms with Crippen molar-refractivity contribution < 1.29 is 71.6 Å². The number of ether oxygens (including phenoxy) is 6. The fourth-order valence-electron chi connectivity index (χ4n) is 6.27. The molecule has 0 spiro atoms. The first-order valence-electron chi connectivity index (χ1n) is 21.2. The topological polar surface area (TPSA) is 265 Å². The van der Waals surface area contributed by atoms with Crippen LogP contribution in [0, 0.1) is 11.3 Å². The van der Waals surface area contributed by atoms with Gasteiger partial charge in [-0.15, -0.1) is 0 Å². The van der Waals surface area contributed by atoms with Gasteiger partial charge in [0.1, 0.15) is 43.6 Å². The summed E-state index contributed by atoms with van der Waals surface area (Å²) in [5.74, 6) is -7.70. The number of hydrazine groups is 1. The summed E-state index contributed by atoms with van der Waals surface area (Å²) in [6.45, 7) is 8.74. The zero-order valence-corrected chi connectivity index (χ0v) is 41.2. The van der Waals surface area contributed by atoms with Gasteiger partial charge in [0, 0.05) is 11.1 Å². The Bertz CT molecular complexity index is 2670. The molecule has 0 aliphatic carbocycles. The Morgan fingerprint density at radius 3 is 1.31 bits per heavy atom. The Balaban J connectivity index is 1.36. The van der Waals surface area contributed by atoms with E-state index in [2.05, 4.69) is 13.2 Å². The molecule has 0 aromatic heterocycles. The van der Waals surface area contributed by atoms with Crippen LogP contribution in [0.5, 0.6) is 11.5 Å². The molecule has 0 radical (unpaired) electrons. The average molecular weight is 1040 g/mol. The molecule has 23 heteroatoms. The molecule has 0 atom stereocenters. The quantitative estimate of drug-likeness (QED) is 0.0237. The first-order chi connectivity index (χ1) is 34.0. The molecule has 2 N–H and O–H groups in total. The predicted molar refractivity (Wildman–Crippen MR) is 256 cm³/mol. The number of amides is 3. The summed E-state index contributed by atoms with van der Waals surface area (Å²) in [7, 11) is 0. The second kappa shape index (κ2) is 24.5. The second-order valence-electron chi connectivity index (χ2n) is 15.1. The summed E-state index contributed by atoms with van der Waals surface area (Å²) in [6, 6.07) is 19.8. The average Bonchev–Trinajstić information content (AvgIpc) is 4.04. The molecular weight excluding hydrogens is 1000 g/mol. The lowest BCUT2D eigenvalue weighted by Crippen LogP contribution is -2.39. The number of rotatable bonds is 21. The van der Waals surface area contributed by atoms with E-state index in [4.69, 9.17) is 34.2 Å². The van der Waals surface area contributed by atoms with Crippen LogP contribution in [0.4, 0.5) is 0 Å². The first-order valence-corrected chi connectivity index (χ1v) is 24.5. The summed E-state index contributed by atoms with van der Waals surface area (Å²) < 4.78 is 32.1. The minimum atomic E-state index is -1.09. The summed E-state index contributed by atoms with van der Waals surface area (Å²) in [6.07, 6.45) is -2.02. The van der Waals surface area contributed by atoms with E-state index >= 15 is 0 Å². The van der Waals surface area contributed by atoms with Crippen LogP contribution in [0.25, 0.3) is 0 Å². The Labute approximate surface area is 423 Å². The maximum absolute atomic E-state index is 14.6. The zero-order valence-electron chi connectivity index (χ0n) is 37.9. The van der Waals surface area contributed by atoms with Crippen LogP contribution in [-0.4, -0.2) is 90.0 Å². The second-order valence-corrected chi connectivity index (χ2v) is 19.7. The third-order valence-corrected chi connectivity index (χ3v) is 14.9. The molecule has 1 fully saturated rings. The lowest BCUT2D eigenvalue weighted by Gasteiger charge is -2.27. The van der Waals surface area contributed by atoms with Crippen molar-refractivity contribution in [3.05, 3.63) is 116 Å². The number of hydrogen-bond donors (Lipinski definition) is 1. The lowest BCUT2D eigenvalue weighted by molar-refractivity contribution is -0.151. The summed E-state index contributed by atoms with van der Waals surface area (Å²) in [5.41, 5.74) is 6.59. The minimum absolute atomic E-state index is 0.0188. The number of benzene rings is 3. The third-order valence-electron chi connectivity index (χ3n) is 9.68. The van der Waals surface area contributed by atoms with Crippen LogP contribution >= 0.6 is 47.0 Å². The van der Waals surface area contributed by atoms with Crippen LogP contribution < -0.4 is 15.2 Å². The number of nitrogens with zero attached hydrogens (tertiary/aromatic N) is 3. The maximum Gasteiger partial charge on any atom is 0.333 e. The molecule has 3 aliphatic rings. The number of primary amides is 1. The Hall–Kier alpha value is -7.26. The number of esters is 6. The number of carbonyl (C=O) groups is 9. The lowest BCUT2D eigenvalue weighted by atomic mass is 10.2. The van der Waals surface area contributed by atoms with Crippen molar-refractivity contribution in [3.63, 3.8) is 0 Å². The fraction of sp³-hybridized carbons (Fsp3) is 0.250. The van der Waals surface area contributed by atoms with E-state index in [0.717, 1.165) is 58.2 Å². The summed E-state index contributed by atoms with van der Waals surface area (Å²) in [4.78, 5) is 118. The van der Waals surface area contributed by atoms with E-state index < -0.39 is 84.8 Å².